The second-order valence-corrected chi connectivity index (χ2v) is 18.8. The number of aryl methyl sites for hydroxylation is 1. The quantitative estimate of drug-likeness (QED) is 0.245. The van der Waals surface area contributed by atoms with E-state index in [-0.39, 0.29) is 29.0 Å². The van der Waals surface area contributed by atoms with E-state index >= 15 is 4.39 Å². The van der Waals surface area contributed by atoms with Crippen LogP contribution in [0.2, 0.25) is 5.02 Å². The number of imide groups is 1. The molecule has 10 nitrogen and oxygen atoms in total. The van der Waals surface area contributed by atoms with Gasteiger partial charge < -0.3 is 24.9 Å². The molecule has 5 aliphatic heterocycles. The standard InChI is InChI=1S/C46H57ClFN7O3/c1-31-6-8-36(26-38(31)47)55-30-46(27-32(55)2)14-16-53(17-15-46)41-10-7-33(24-39(41)48)44(58)54-18-12-45(13-19-54)28-37(29-45)52-22-20-51(21-23-52)35-5-3-4-34(25-35)49-40-9-11-42(56)50-43(40)57/h3-8,10,24-26,32,37,40,49H,9,11-23,27-30H2,1-2H3,(H,50,56,57)/t32-,40-/m0/s1. The lowest BCUT2D eigenvalue weighted by molar-refractivity contribution is -0.133. The first-order valence-electron chi connectivity index (χ1n) is 21.5. The molecule has 308 valence electrons. The van der Waals surface area contributed by atoms with Crippen molar-refractivity contribution in [3.63, 3.8) is 0 Å². The Balaban J connectivity index is 0.721. The molecule has 0 unspecified atom stereocenters. The third-order valence-corrected chi connectivity index (χ3v) is 15.1. The predicted molar refractivity (Wildman–Crippen MR) is 229 cm³/mol. The van der Waals surface area contributed by atoms with Gasteiger partial charge in [-0.2, -0.15) is 0 Å². The van der Waals surface area contributed by atoms with Gasteiger partial charge in [-0.1, -0.05) is 23.7 Å². The molecule has 3 amide bonds. The lowest BCUT2D eigenvalue weighted by Gasteiger charge is -2.56. The maximum absolute atomic E-state index is 15.7. The monoisotopic (exact) mass is 809 g/mol. The summed E-state index contributed by atoms with van der Waals surface area (Å²) in [5.41, 5.74) is 5.89. The average Bonchev–Trinajstić information content (AvgIpc) is 3.54. The van der Waals surface area contributed by atoms with Crippen LogP contribution in [0.15, 0.2) is 60.7 Å². The van der Waals surface area contributed by atoms with Crippen LogP contribution in [0.1, 0.15) is 80.6 Å². The van der Waals surface area contributed by atoms with Gasteiger partial charge in [-0.05, 0) is 130 Å². The SMILES string of the molecule is Cc1ccc(N2CC3(CCN(c4ccc(C(=O)N5CCC6(CC5)CC(N5CCN(c7cccc(N[C@H]8CCC(=O)NC8=O)c7)CC5)C6)cc4F)CC3)C[C@@H]2C)cc1Cl. The van der Waals surface area contributed by atoms with E-state index in [1.807, 2.05) is 36.1 Å². The van der Waals surface area contributed by atoms with Gasteiger partial charge in [0.1, 0.15) is 11.9 Å². The molecule has 3 aromatic carbocycles. The fraction of sp³-hybridized carbons (Fsp3) is 0.543. The summed E-state index contributed by atoms with van der Waals surface area (Å²) in [5, 5.41) is 6.54. The highest BCUT2D eigenvalue weighted by atomic mass is 35.5. The summed E-state index contributed by atoms with van der Waals surface area (Å²) >= 11 is 6.48. The second kappa shape index (κ2) is 15.7. The highest BCUT2D eigenvalue weighted by molar-refractivity contribution is 6.31. The molecule has 1 saturated carbocycles. The number of hydrogen-bond donors (Lipinski definition) is 2. The van der Waals surface area contributed by atoms with Crippen LogP contribution in [-0.2, 0) is 9.59 Å². The van der Waals surface area contributed by atoms with Crippen molar-refractivity contribution < 1.29 is 18.8 Å². The van der Waals surface area contributed by atoms with Gasteiger partial charge in [0, 0.05) is 105 Å². The summed E-state index contributed by atoms with van der Waals surface area (Å²) in [6, 6.07) is 20.3. The molecule has 0 bridgehead atoms. The number of anilines is 4. The number of carbonyl (C=O) groups is 3. The molecule has 58 heavy (non-hydrogen) atoms. The molecule has 6 fully saturated rings. The minimum atomic E-state index is -0.394. The van der Waals surface area contributed by atoms with Gasteiger partial charge in [-0.3, -0.25) is 24.6 Å². The van der Waals surface area contributed by atoms with Crippen molar-refractivity contribution in [3.8, 4) is 0 Å². The second-order valence-electron chi connectivity index (χ2n) is 18.3. The zero-order valence-electron chi connectivity index (χ0n) is 34.0. The van der Waals surface area contributed by atoms with Crippen LogP contribution in [-0.4, -0.2) is 105 Å². The Morgan fingerprint density at radius 1 is 0.828 bits per heavy atom. The number of nitrogens with one attached hydrogen (secondary N) is 2. The first-order chi connectivity index (χ1) is 28.0. The highest BCUT2D eigenvalue weighted by Crippen LogP contribution is 2.51. The number of piperazine rings is 1. The number of nitrogens with zero attached hydrogens (tertiary/aromatic N) is 5. The van der Waals surface area contributed by atoms with Crippen molar-refractivity contribution in [3.05, 3.63) is 82.6 Å². The summed E-state index contributed by atoms with van der Waals surface area (Å²) in [7, 11) is 0. The van der Waals surface area contributed by atoms with E-state index in [0.29, 0.717) is 41.6 Å². The number of halogens is 2. The summed E-state index contributed by atoms with van der Waals surface area (Å²) in [6.07, 6.45) is 8.39. The van der Waals surface area contributed by atoms with E-state index in [9.17, 15) is 14.4 Å². The van der Waals surface area contributed by atoms with E-state index in [2.05, 4.69) is 67.5 Å². The van der Waals surface area contributed by atoms with E-state index in [1.54, 1.807) is 0 Å². The maximum atomic E-state index is 15.7. The fourth-order valence-electron chi connectivity index (χ4n) is 11.0. The molecule has 9 rings (SSSR count). The van der Waals surface area contributed by atoms with Crippen molar-refractivity contribution in [1.82, 2.24) is 15.1 Å². The molecule has 5 saturated heterocycles. The van der Waals surface area contributed by atoms with Crippen LogP contribution >= 0.6 is 11.6 Å². The van der Waals surface area contributed by atoms with E-state index in [0.717, 1.165) is 113 Å². The van der Waals surface area contributed by atoms with Crippen molar-refractivity contribution in [2.24, 2.45) is 10.8 Å². The lowest BCUT2D eigenvalue weighted by Crippen LogP contribution is -2.59. The number of amides is 3. The Hall–Kier alpha value is -4.35. The summed E-state index contributed by atoms with van der Waals surface area (Å²) in [5.74, 6) is -0.825. The number of rotatable bonds is 7. The largest absolute Gasteiger partial charge is 0.374 e. The first kappa shape index (κ1) is 39.1. The van der Waals surface area contributed by atoms with Crippen molar-refractivity contribution in [2.75, 3.05) is 78.9 Å². The van der Waals surface area contributed by atoms with Crippen LogP contribution in [0.4, 0.5) is 27.1 Å². The minimum absolute atomic E-state index is 0.0579. The van der Waals surface area contributed by atoms with Gasteiger partial charge in [0.25, 0.3) is 5.91 Å². The molecule has 12 heteroatoms. The fourth-order valence-corrected chi connectivity index (χ4v) is 11.2. The summed E-state index contributed by atoms with van der Waals surface area (Å²) < 4.78 is 15.7. The average molecular weight is 810 g/mol. The summed E-state index contributed by atoms with van der Waals surface area (Å²) in [4.78, 5) is 49.1. The van der Waals surface area contributed by atoms with Crippen LogP contribution in [0.25, 0.3) is 0 Å². The van der Waals surface area contributed by atoms with Crippen LogP contribution in [0.5, 0.6) is 0 Å². The van der Waals surface area contributed by atoms with Gasteiger partial charge in [0.15, 0.2) is 0 Å². The molecule has 5 heterocycles. The molecule has 6 aliphatic rings. The Morgan fingerprint density at radius 3 is 2.28 bits per heavy atom. The highest BCUT2D eigenvalue weighted by Gasteiger charge is 2.49. The van der Waals surface area contributed by atoms with Gasteiger partial charge in [-0.15, -0.1) is 0 Å². The van der Waals surface area contributed by atoms with Crippen LogP contribution in [0, 0.1) is 23.6 Å². The summed E-state index contributed by atoms with van der Waals surface area (Å²) in [6.45, 7) is 12.3. The molecule has 2 spiro atoms. The Labute approximate surface area is 347 Å². The van der Waals surface area contributed by atoms with Gasteiger partial charge >= 0.3 is 0 Å². The van der Waals surface area contributed by atoms with Crippen molar-refractivity contribution >= 4 is 52.1 Å². The number of piperidine rings is 3. The van der Waals surface area contributed by atoms with Crippen LogP contribution in [0.3, 0.4) is 0 Å². The number of likely N-dealkylation sites (tertiary alicyclic amines) is 1. The van der Waals surface area contributed by atoms with E-state index in [4.69, 9.17) is 11.6 Å². The molecule has 1 aliphatic carbocycles. The number of hydrogen-bond acceptors (Lipinski definition) is 8. The maximum Gasteiger partial charge on any atom is 0.253 e. The van der Waals surface area contributed by atoms with Crippen molar-refractivity contribution in [2.45, 2.75) is 89.8 Å². The van der Waals surface area contributed by atoms with E-state index in [1.165, 1.54) is 24.6 Å². The Morgan fingerprint density at radius 2 is 1.57 bits per heavy atom. The normalized spacial score (nSPS) is 25.0. The zero-order valence-corrected chi connectivity index (χ0v) is 34.7. The molecule has 0 radical (unpaired) electrons. The van der Waals surface area contributed by atoms with Crippen LogP contribution < -0.4 is 25.3 Å². The molecular weight excluding hydrogens is 753 g/mol. The minimum Gasteiger partial charge on any atom is -0.374 e. The Bertz CT molecular complexity index is 2050. The number of benzene rings is 3. The number of carbonyl (C=O) groups excluding carboxylic acids is 3. The zero-order chi connectivity index (χ0) is 40.2. The smallest absolute Gasteiger partial charge is 0.253 e. The first-order valence-corrected chi connectivity index (χ1v) is 21.9. The predicted octanol–water partition coefficient (Wildman–Crippen LogP) is 7.10. The molecular formula is C46H57ClFN7O3. The third kappa shape index (κ3) is 7.76. The topological polar surface area (TPSA) is 91.5 Å². The molecule has 2 N–H and O–H groups in total. The van der Waals surface area contributed by atoms with Gasteiger partial charge in [0.2, 0.25) is 11.8 Å². The Kier molecular flexibility index (Phi) is 10.6. The molecule has 2 atom stereocenters. The third-order valence-electron chi connectivity index (χ3n) is 14.7. The molecule has 3 aromatic rings. The lowest BCUT2D eigenvalue weighted by atomic mass is 9.60. The van der Waals surface area contributed by atoms with E-state index < -0.39 is 6.04 Å². The van der Waals surface area contributed by atoms with Gasteiger partial charge in [-0.25, -0.2) is 4.39 Å². The molecule has 0 aromatic heterocycles. The van der Waals surface area contributed by atoms with Gasteiger partial charge in [0.05, 0.1) is 5.69 Å². The van der Waals surface area contributed by atoms with Crippen molar-refractivity contribution in [1.29, 1.82) is 0 Å².